The van der Waals surface area contributed by atoms with Gasteiger partial charge in [0.1, 0.15) is 0 Å². The number of ether oxygens (including phenoxy) is 2. The molecule has 1 amide bonds. The van der Waals surface area contributed by atoms with Crippen LogP contribution < -0.4 is 15.2 Å². The third-order valence-corrected chi connectivity index (χ3v) is 3.33. The van der Waals surface area contributed by atoms with Crippen molar-refractivity contribution in [2.75, 3.05) is 27.8 Å². The van der Waals surface area contributed by atoms with Gasteiger partial charge in [-0.25, -0.2) is 0 Å². The standard InChI is InChI=1S/C15H24N2O3/c1-15(2,10-16)14(18)17(3)9-11-7-6-8-12(19-4)13(11)20-5/h6-8H,9-10,16H2,1-5H3. The van der Waals surface area contributed by atoms with Crippen LogP contribution in [0.1, 0.15) is 19.4 Å². The number of nitrogens with two attached hydrogens (primary N) is 1. The zero-order chi connectivity index (χ0) is 15.3. The molecule has 5 nitrogen and oxygen atoms in total. The summed E-state index contributed by atoms with van der Waals surface area (Å²) >= 11 is 0. The van der Waals surface area contributed by atoms with E-state index in [4.69, 9.17) is 15.2 Å². The van der Waals surface area contributed by atoms with Crippen molar-refractivity contribution in [3.63, 3.8) is 0 Å². The van der Waals surface area contributed by atoms with Gasteiger partial charge in [-0.3, -0.25) is 4.79 Å². The van der Waals surface area contributed by atoms with E-state index in [9.17, 15) is 4.79 Å². The van der Waals surface area contributed by atoms with Gasteiger partial charge in [0.2, 0.25) is 5.91 Å². The third kappa shape index (κ3) is 3.42. The van der Waals surface area contributed by atoms with Crippen LogP contribution in [0.3, 0.4) is 0 Å². The molecule has 20 heavy (non-hydrogen) atoms. The Labute approximate surface area is 120 Å². The molecule has 0 aliphatic heterocycles. The van der Waals surface area contributed by atoms with Crippen LogP contribution in [0.5, 0.6) is 11.5 Å². The van der Waals surface area contributed by atoms with E-state index in [1.54, 1.807) is 26.2 Å². The average molecular weight is 280 g/mol. The number of nitrogens with zero attached hydrogens (tertiary/aromatic N) is 1. The van der Waals surface area contributed by atoms with Crippen molar-refractivity contribution >= 4 is 5.91 Å². The van der Waals surface area contributed by atoms with Crippen LogP contribution in [0.25, 0.3) is 0 Å². The number of para-hydroxylation sites is 1. The molecule has 1 rings (SSSR count). The summed E-state index contributed by atoms with van der Waals surface area (Å²) in [5, 5.41) is 0. The molecule has 112 valence electrons. The molecule has 0 saturated carbocycles. The number of benzene rings is 1. The zero-order valence-corrected chi connectivity index (χ0v) is 12.9. The van der Waals surface area contributed by atoms with Crippen LogP contribution >= 0.6 is 0 Å². The zero-order valence-electron chi connectivity index (χ0n) is 12.9. The number of carbonyl (C=O) groups excluding carboxylic acids is 1. The van der Waals surface area contributed by atoms with Crippen molar-refractivity contribution in [3.8, 4) is 11.5 Å². The molecule has 0 fully saturated rings. The maximum atomic E-state index is 12.3. The molecule has 0 aromatic heterocycles. The predicted octanol–water partition coefficient (Wildman–Crippen LogP) is 1.65. The predicted molar refractivity (Wildman–Crippen MR) is 78.9 cm³/mol. The van der Waals surface area contributed by atoms with Gasteiger partial charge in [0, 0.05) is 25.7 Å². The highest BCUT2D eigenvalue weighted by Gasteiger charge is 2.29. The molecule has 0 atom stereocenters. The fourth-order valence-corrected chi connectivity index (χ4v) is 2.01. The fourth-order valence-electron chi connectivity index (χ4n) is 2.01. The van der Waals surface area contributed by atoms with E-state index in [0.29, 0.717) is 24.6 Å². The summed E-state index contributed by atoms with van der Waals surface area (Å²) in [5.41, 5.74) is 5.98. The average Bonchev–Trinajstić information content (AvgIpc) is 2.45. The number of rotatable bonds is 6. The molecule has 0 aliphatic carbocycles. The molecule has 0 radical (unpaired) electrons. The van der Waals surface area contributed by atoms with E-state index in [0.717, 1.165) is 5.56 Å². The lowest BCUT2D eigenvalue weighted by molar-refractivity contribution is -0.139. The monoisotopic (exact) mass is 280 g/mol. The minimum atomic E-state index is -0.569. The molecular formula is C15H24N2O3. The van der Waals surface area contributed by atoms with Gasteiger partial charge in [-0.15, -0.1) is 0 Å². The van der Waals surface area contributed by atoms with Crippen molar-refractivity contribution in [2.45, 2.75) is 20.4 Å². The van der Waals surface area contributed by atoms with Crippen molar-refractivity contribution in [2.24, 2.45) is 11.1 Å². The van der Waals surface area contributed by atoms with Crippen molar-refractivity contribution in [1.29, 1.82) is 0 Å². The molecule has 0 bridgehead atoms. The van der Waals surface area contributed by atoms with Gasteiger partial charge in [-0.05, 0) is 19.9 Å². The normalized spacial score (nSPS) is 11.1. The minimum absolute atomic E-state index is 0.00451. The van der Waals surface area contributed by atoms with Crippen LogP contribution in [0.4, 0.5) is 0 Å². The highest BCUT2D eigenvalue weighted by atomic mass is 16.5. The Morgan fingerprint density at radius 1 is 1.30 bits per heavy atom. The summed E-state index contributed by atoms with van der Waals surface area (Å²) in [6.45, 7) is 4.44. The summed E-state index contributed by atoms with van der Waals surface area (Å²) in [7, 11) is 4.94. The highest BCUT2D eigenvalue weighted by Crippen LogP contribution is 2.31. The quantitative estimate of drug-likeness (QED) is 0.860. The SMILES string of the molecule is COc1cccc(CN(C)C(=O)C(C)(C)CN)c1OC. The van der Waals surface area contributed by atoms with E-state index in [1.807, 2.05) is 32.0 Å². The Morgan fingerprint density at radius 2 is 1.95 bits per heavy atom. The first kappa shape index (κ1) is 16.3. The van der Waals surface area contributed by atoms with Gasteiger partial charge in [0.15, 0.2) is 11.5 Å². The Bertz CT molecular complexity index is 472. The van der Waals surface area contributed by atoms with E-state index in [1.165, 1.54) is 0 Å². The van der Waals surface area contributed by atoms with Crippen LogP contribution in [0, 0.1) is 5.41 Å². The molecule has 2 N–H and O–H groups in total. The molecule has 1 aromatic rings. The van der Waals surface area contributed by atoms with Crippen LogP contribution in [-0.4, -0.2) is 38.6 Å². The molecular weight excluding hydrogens is 256 g/mol. The van der Waals surface area contributed by atoms with Gasteiger partial charge >= 0.3 is 0 Å². The molecule has 1 aromatic carbocycles. The van der Waals surface area contributed by atoms with Gasteiger partial charge in [0.25, 0.3) is 0 Å². The maximum absolute atomic E-state index is 12.3. The molecule has 0 heterocycles. The smallest absolute Gasteiger partial charge is 0.229 e. The van der Waals surface area contributed by atoms with Gasteiger partial charge in [-0.2, -0.15) is 0 Å². The maximum Gasteiger partial charge on any atom is 0.229 e. The minimum Gasteiger partial charge on any atom is -0.493 e. The fraction of sp³-hybridized carbons (Fsp3) is 0.533. The number of methoxy groups -OCH3 is 2. The van der Waals surface area contributed by atoms with E-state index >= 15 is 0 Å². The van der Waals surface area contributed by atoms with Gasteiger partial charge in [0.05, 0.1) is 19.6 Å². The number of hydrogen-bond acceptors (Lipinski definition) is 4. The molecule has 0 aliphatic rings. The lowest BCUT2D eigenvalue weighted by atomic mass is 9.92. The third-order valence-electron chi connectivity index (χ3n) is 3.33. The molecule has 5 heteroatoms. The summed E-state index contributed by atoms with van der Waals surface area (Å²) in [6.07, 6.45) is 0. The van der Waals surface area contributed by atoms with Crippen molar-refractivity contribution < 1.29 is 14.3 Å². The first-order valence-electron chi connectivity index (χ1n) is 6.53. The molecule has 0 saturated heterocycles. The van der Waals surface area contributed by atoms with E-state index < -0.39 is 5.41 Å². The first-order valence-corrected chi connectivity index (χ1v) is 6.53. The van der Waals surface area contributed by atoms with Crippen LogP contribution in [0.15, 0.2) is 18.2 Å². The second-order valence-corrected chi connectivity index (χ2v) is 5.40. The van der Waals surface area contributed by atoms with Crippen molar-refractivity contribution in [3.05, 3.63) is 23.8 Å². The molecule has 0 unspecified atom stereocenters. The van der Waals surface area contributed by atoms with Crippen molar-refractivity contribution in [1.82, 2.24) is 4.90 Å². The number of hydrogen-bond donors (Lipinski definition) is 1. The van der Waals surface area contributed by atoms with Gasteiger partial charge in [-0.1, -0.05) is 12.1 Å². The summed E-state index contributed by atoms with van der Waals surface area (Å²) < 4.78 is 10.6. The first-order chi connectivity index (χ1) is 9.37. The Kier molecular flexibility index (Phi) is 5.39. The van der Waals surface area contributed by atoms with Crippen LogP contribution in [-0.2, 0) is 11.3 Å². The number of amides is 1. The van der Waals surface area contributed by atoms with Gasteiger partial charge < -0.3 is 20.1 Å². The molecule has 0 spiro atoms. The Hall–Kier alpha value is -1.75. The lowest BCUT2D eigenvalue weighted by Gasteiger charge is -2.28. The summed E-state index contributed by atoms with van der Waals surface area (Å²) in [5.74, 6) is 1.31. The lowest BCUT2D eigenvalue weighted by Crippen LogP contribution is -2.42. The summed E-state index contributed by atoms with van der Waals surface area (Å²) in [4.78, 5) is 14.0. The topological polar surface area (TPSA) is 64.8 Å². The second kappa shape index (κ2) is 6.61. The Morgan fingerprint density at radius 3 is 2.45 bits per heavy atom. The van der Waals surface area contributed by atoms with Crippen LogP contribution in [0.2, 0.25) is 0 Å². The van der Waals surface area contributed by atoms with E-state index in [2.05, 4.69) is 0 Å². The largest absolute Gasteiger partial charge is 0.493 e. The van der Waals surface area contributed by atoms with E-state index in [-0.39, 0.29) is 5.91 Å². The second-order valence-electron chi connectivity index (χ2n) is 5.40. The summed E-state index contributed by atoms with van der Waals surface area (Å²) in [6, 6.07) is 5.62. The Balaban J connectivity index is 2.96. The number of carbonyl (C=O) groups is 1. The highest BCUT2D eigenvalue weighted by molar-refractivity contribution is 5.82.